The number of rotatable bonds is 9. The Morgan fingerprint density at radius 3 is 2.60 bits per heavy atom. The summed E-state index contributed by atoms with van der Waals surface area (Å²) in [6, 6.07) is 7.45. The van der Waals surface area contributed by atoms with E-state index in [4.69, 9.17) is 24.2 Å². The van der Waals surface area contributed by atoms with Crippen LogP contribution in [0.1, 0.15) is 77.3 Å². The molecule has 3 aliphatic heterocycles. The third-order valence-corrected chi connectivity index (χ3v) is 13.6. The first-order valence-corrected chi connectivity index (χ1v) is 22.6. The lowest BCUT2D eigenvalue weighted by Crippen LogP contribution is -2.64. The summed E-state index contributed by atoms with van der Waals surface area (Å²) in [6.45, 7) is 16.1. The Morgan fingerprint density at radius 1 is 1.15 bits per heavy atom. The molecule has 0 spiro atoms. The second-order valence-electron chi connectivity index (χ2n) is 18.2. The third-order valence-electron chi connectivity index (χ3n) is 12.7. The Kier molecular flexibility index (Phi) is 13.4. The summed E-state index contributed by atoms with van der Waals surface area (Å²) in [5.41, 5.74) is 9.38. The van der Waals surface area contributed by atoms with E-state index >= 15 is 0 Å². The minimum absolute atomic E-state index is 0.0389. The SMILES string of the molecule is CCn1c(-c2cccnc2[C@H](C)OC)c2c3cc(ccc31)-c1csc(n1)C[C@H](NC(=O)C(C(C)C)N(C)C(=O)N1CC(OC)C1)C(=O)N1CC[C@H](C)[C@H](N1)C(=O)OCC(C)(C)C2. The molecule has 1 unspecified atom stereocenters. The molecule has 6 bridgehead atoms. The van der Waals surface area contributed by atoms with E-state index in [1.54, 1.807) is 32.4 Å². The zero-order valence-electron chi connectivity index (χ0n) is 37.7. The molecule has 6 heterocycles. The monoisotopic (exact) mass is 870 g/mol. The summed E-state index contributed by atoms with van der Waals surface area (Å²) in [7, 11) is 4.92. The van der Waals surface area contributed by atoms with Crippen molar-refractivity contribution in [2.24, 2.45) is 17.3 Å². The van der Waals surface area contributed by atoms with Crippen LogP contribution in [0.3, 0.4) is 0 Å². The topological polar surface area (TPSA) is 160 Å². The molecule has 1 aromatic carbocycles. The number of ether oxygens (including phenoxy) is 3. The number of methoxy groups -OCH3 is 2. The third kappa shape index (κ3) is 8.97. The number of carbonyl (C=O) groups excluding carboxylic acids is 4. The van der Waals surface area contributed by atoms with Gasteiger partial charge in [-0.15, -0.1) is 11.3 Å². The number of hydrogen-bond donors (Lipinski definition) is 2. The lowest BCUT2D eigenvalue weighted by Gasteiger charge is -2.42. The predicted octanol–water partition coefficient (Wildman–Crippen LogP) is 5.86. The maximum atomic E-state index is 14.6. The van der Waals surface area contributed by atoms with E-state index in [0.29, 0.717) is 44.0 Å². The number of nitrogens with one attached hydrogen (secondary N) is 2. The van der Waals surface area contributed by atoms with E-state index in [0.717, 1.165) is 44.7 Å². The maximum absolute atomic E-state index is 14.6. The normalized spacial score (nSPS) is 21.9. The van der Waals surface area contributed by atoms with Crippen LogP contribution in [0, 0.1) is 17.3 Å². The number of aryl methyl sites for hydroxylation is 1. The molecule has 0 aliphatic carbocycles. The van der Waals surface area contributed by atoms with Crippen molar-refractivity contribution in [1.29, 1.82) is 0 Å². The van der Waals surface area contributed by atoms with E-state index in [9.17, 15) is 19.2 Å². The summed E-state index contributed by atoms with van der Waals surface area (Å²) in [4.78, 5) is 69.4. The first-order chi connectivity index (χ1) is 29.5. The van der Waals surface area contributed by atoms with E-state index in [2.05, 4.69) is 60.3 Å². The number of fused-ring (bicyclic) bond motifs is 6. The zero-order valence-corrected chi connectivity index (χ0v) is 38.5. The fraction of sp³-hybridized carbons (Fsp3) is 0.565. The lowest BCUT2D eigenvalue weighted by molar-refractivity contribution is -0.157. The quantitative estimate of drug-likeness (QED) is 0.195. The molecule has 62 heavy (non-hydrogen) atoms. The van der Waals surface area contributed by atoms with Crippen molar-refractivity contribution in [3.63, 3.8) is 0 Å². The Hall–Kier alpha value is -4.90. The van der Waals surface area contributed by atoms with Crippen molar-refractivity contribution < 1.29 is 33.4 Å². The second-order valence-corrected chi connectivity index (χ2v) is 19.1. The number of aromatic nitrogens is 3. The first kappa shape index (κ1) is 45.1. The van der Waals surface area contributed by atoms with Crippen LogP contribution in [0.2, 0.25) is 0 Å². The zero-order chi connectivity index (χ0) is 44.6. The van der Waals surface area contributed by atoms with Gasteiger partial charge >= 0.3 is 12.0 Å². The average molecular weight is 871 g/mol. The van der Waals surface area contributed by atoms with Crippen molar-refractivity contribution >= 4 is 46.1 Å². The van der Waals surface area contributed by atoms with Crippen LogP contribution in [0.4, 0.5) is 4.79 Å². The molecule has 3 aromatic heterocycles. The minimum Gasteiger partial charge on any atom is -0.464 e. The molecule has 0 saturated carbocycles. The molecule has 15 nitrogen and oxygen atoms in total. The maximum Gasteiger partial charge on any atom is 0.325 e. The number of carbonyl (C=O) groups is 4. The average Bonchev–Trinajstić information content (AvgIpc) is 3.82. The van der Waals surface area contributed by atoms with Gasteiger partial charge in [-0.25, -0.2) is 15.2 Å². The number of amides is 4. The molecule has 2 saturated heterocycles. The first-order valence-electron chi connectivity index (χ1n) is 21.7. The molecule has 0 radical (unpaired) electrons. The van der Waals surface area contributed by atoms with Crippen molar-refractivity contribution in [3.8, 4) is 22.5 Å². The standard InChI is InChI=1S/C46H62N8O7S/c1-11-53-36-15-14-29-19-32(36)33(41(53)31-13-12-17-47-39(31)28(5)59-9)21-46(6,7)25-61-44(57)38-27(4)16-18-54(50-38)43(56)34(20-37-48-35(29)24-62-37)49-42(55)40(26(2)3)51(8)45(58)52-22-30(23-52)60-10/h12-15,17,19,24,26-28,30,34,38,40,50H,11,16,18,20-23,25H2,1-10H3,(H,49,55)/t27-,28-,34-,38-,40?/m0/s1. The van der Waals surface area contributed by atoms with Crippen LogP contribution in [-0.2, 0) is 48.0 Å². The van der Waals surface area contributed by atoms with E-state index in [-0.39, 0.29) is 43.1 Å². The van der Waals surface area contributed by atoms with Gasteiger partial charge in [-0.1, -0.05) is 40.7 Å². The number of hydrogen-bond acceptors (Lipinski definition) is 11. The van der Waals surface area contributed by atoms with Crippen molar-refractivity contribution in [2.75, 3.05) is 47.5 Å². The minimum atomic E-state index is -1.05. The predicted molar refractivity (Wildman–Crippen MR) is 238 cm³/mol. The molecule has 3 aliphatic rings. The van der Waals surface area contributed by atoms with Crippen molar-refractivity contribution in [2.45, 2.75) is 105 Å². The number of hydrazine groups is 1. The number of likely N-dealkylation sites (N-methyl/N-ethyl adjacent to an activating group) is 1. The highest BCUT2D eigenvalue weighted by Crippen LogP contribution is 2.42. The van der Waals surface area contributed by atoms with Crippen LogP contribution >= 0.6 is 11.3 Å². The van der Waals surface area contributed by atoms with Crippen LogP contribution < -0.4 is 10.7 Å². The van der Waals surface area contributed by atoms with Gasteiger partial charge in [0.2, 0.25) is 5.91 Å². The van der Waals surface area contributed by atoms with Gasteiger partial charge in [-0.05, 0) is 68.4 Å². The summed E-state index contributed by atoms with van der Waals surface area (Å²) < 4.78 is 19.7. The van der Waals surface area contributed by atoms with E-state index in [1.807, 2.05) is 39.1 Å². The summed E-state index contributed by atoms with van der Waals surface area (Å²) in [5.74, 6) is -1.69. The highest BCUT2D eigenvalue weighted by molar-refractivity contribution is 7.10. The van der Waals surface area contributed by atoms with Gasteiger partial charge < -0.3 is 33.9 Å². The number of thiazole rings is 1. The van der Waals surface area contributed by atoms with Gasteiger partial charge in [0.15, 0.2) is 0 Å². The van der Waals surface area contributed by atoms with Gasteiger partial charge in [0.25, 0.3) is 5.91 Å². The number of nitrogens with zero attached hydrogens (tertiary/aromatic N) is 6. The number of urea groups is 1. The number of cyclic esters (lactones) is 1. The Balaban J connectivity index is 1.30. The molecule has 2 fully saturated rings. The molecule has 5 atom stereocenters. The Labute approximate surface area is 368 Å². The van der Waals surface area contributed by atoms with E-state index in [1.165, 1.54) is 21.2 Å². The van der Waals surface area contributed by atoms with Crippen LogP contribution in [0.15, 0.2) is 41.9 Å². The Bertz CT molecular complexity index is 2300. The van der Waals surface area contributed by atoms with E-state index < -0.39 is 41.3 Å². The van der Waals surface area contributed by atoms with Crippen molar-refractivity contribution in [1.82, 2.24) is 40.1 Å². The summed E-state index contributed by atoms with van der Waals surface area (Å²) >= 11 is 1.42. The molecule has 2 N–H and O–H groups in total. The van der Waals surface area contributed by atoms with Crippen LogP contribution in [0.25, 0.3) is 33.4 Å². The van der Waals surface area contributed by atoms with Gasteiger partial charge in [0.1, 0.15) is 18.1 Å². The highest BCUT2D eigenvalue weighted by Gasteiger charge is 2.41. The smallest absolute Gasteiger partial charge is 0.325 e. The summed E-state index contributed by atoms with van der Waals surface area (Å²) in [6.07, 6.45) is 2.73. The van der Waals surface area contributed by atoms with Gasteiger partial charge in [-0.3, -0.25) is 24.4 Å². The highest BCUT2D eigenvalue weighted by atomic mass is 32.1. The molecular weight excluding hydrogens is 809 g/mol. The fourth-order valence-corrected chi connectivity index (χ4v) is 9.87. The number of esters is 1. The number of benzene rings is 1. The molecular formula is C46H62N8O7S. The molecule has 4 amide bonds. The second kappa shape index (κ2) is 18.4. The lowest BCUT2D eigenvalue weighted by atomic mass is 9.84. The van der Waals surface area contributed by atoms with Crippen LogP contribution in [-0.4, -0.2) is 125 Å². The van der Waals surface area contributed by atoms with Crippen LogP contribution in [0.5, 0.6) is 0 Å². The fourth-order valence-electron chi connectivity index (χ4n) is 9.02. The number of pyridine rings is 1. The molecule has 16 heteroatoms. The Morgan fingerprint density at radius 2 is 1.90 bits per heavy atom. The summed E-state index contributed by atoms with van der Waals surface area (Å²) in [5, 5.41) is 8.17. The molecule has 4 aromatic rings. The molecule has 334 valence electrons. The number of likely N-dealkylation sites (tertiary alicyclic amines) is 1. The van der Waals surface area contributed by atoms with Gasteiger partial charge in [-0.2, -0.15) is 0 Å². The van der Waals surface area contributed by atoms with Crippen molar-refractivity contribution in [3.05, 3.63) is 58.2 Å². The van der Waals surface area contributed by atoms with Gasteiger partial charge in [0.05, 0.1) is 54.0 Å². The largest absolute Gasteiger partial charge is 0.464 e. The van der Waals surface area contributed by atoms with Gasteiger partial charge in [0, 0.05) is 79.8 Å². The molecule has 7 rings (SSSR count).